The first-order chi connectivity index (χ1) is 9.55. The Kier molecular flexibility index (Phi) is 4.81. The Labute approximate surface area is 128 Å². The summed E-state index contributed by atoms with van der Waals surface area (Å²) < 4.78 is 0. The van der Waals surface area contributed by atoms with Gasteiger partial charge in [-0.15, -0.1) is 0 Å². The number of nitrogens with two attached hydrogens (primary N) is 1. The number of aryl methyl sites for hydroxylation is 1. The lowest BCUT2D eigenvalue weighted by molar-refractivity contribution is 0.888. The lowest BCUT2D eigenvalue weighted by Crippen LogP contribution is -2.14. The molecule has 20 heavy (non-hydrogen) atoms. The Bertz CT molecular complexity index is 604. The van der Waals surface area contributed by atoms with Gasteiger partial charge in [-0.1, -0.05) is 36.2 Å². The number of nitrogen functional groups attached to an aromatic ring is 1. The normalized spacial score (nSPS) is 10.7. The van der Waals surface area contributed by atoms with E-state index in [2.05, 4.69) is 22.3 Å². The van der Waals surface area contributed by atoms with Crippen LogP contribution in [-0.4, -0.2) is 9.97 Å². The zero-order valence-corrected chi connectivity index (χ0v) is 12.9. The predicted molar refractivity (Wildman–Crippen MR) is 83.2 cm³/mol. The Morgan fingerprint density at radius 1 is 1.20 bits per heavy atom. The molecule has 0 aliphatic heterocycles. The standard InChI is InChI=1S/C14H16Cl2N4/c1-3-12-8(2)14(20-17)19-13(18-12)7-9-4-5-10(15)11(16)6-9/h4-6H,3,7,17H2,1-2H3,(H,18,19,20). The minimum absolute atomic E-state index is 0.532. The van der Waals surface area contributed by atoms with E-state index in [0.29, 0.717) is 28.1 Å². The van der Waals surface area contributed by atoms with Crippen molar-refractivity contribution in [1.29, 1.82) is 0 Å². The molecule has 0 spiro atoms. The van der Waals surface area contributed by atoms with Gasteiger partial charge in [0.1, 0.15) is 11.6 Å². The molecule has 0 saturated heterocycles. The minimum atomic E-state index is 0.532. The Morgan fingerprint density at radius 3 is 2.55 bits per heavy atom. The number of rotatable bonds is 4. The smallest absolute Gasteiger partial charge is 0.146 e. The SMILES string of the molecule is CCc1nc(Cc2ccc(Cl)c(Cl)c2)nc(NN)c1C. The van der Waals surface area contributed by atoms with Crippen molar-refractivity contribution in [3.05, 3.63) is 50.9 Å². The van der Waals surface area contributed by atoms with E-state index in [1.54, 1.807) is 6.07 Å². The van der Waals surface area contributed by atoms with E-state index in [-0.39, 0.29) is 0 Å². The van der Waals surface area contributed by atoms with Crippen molar-refractivity contribution in [2.75, 3.05) is 5.43 Å². The van der Waals surface area contributed by atoms with Crippen LogP contribution in [0.2, 0.25) is 10.0 Å². The summed E-state index contributed by atoms with van der Waals surface area (Å²) in [6, 6.07) is 5.52. The van der Waals surface area contributed by atoms with E-state index in [1.807, 2.05) is 19.1 Å². The molecule has 0 unspecified atom stereocenters. The molecule has 0 aliphatic carbocycles. The lowest BCUT2D eigenvalue weighted by atomic mass is 10.1. The summed E-state index contributed by atoms with van der Waals surface area (Å²) >= 11 is 11.9. The van der Waals surface area contributed by atoms with Gasteiger partial charge in [0, 0.05) is 17.7 Å². The molecule has 3 N–H and O–H groups in total. The van der Waals surface area contributed by atoms with Crippen LogP contribution in [0.4, 0.5) is 5.82 Å². The van der Waals surface area contributed by atoms with Crippen molar-refractivity contribution in [3.63, 3.8) is 0 Å². The number of hydrogen-bond acceptors (Lipinski definition) is 4. The van der Waals surface area contributed by atoms with Crippen molar-refractivity contribution < 1.29 is 0 Å². The highest BCUT2D eigenvalue weighted by Crippen LogP contribution is 2.24. The summed E-state index contributed by atoms with van der Waals surface area (Å²) in [4.78, 5) is 8.99. The highest BCUT2D eigenvalue weighted by molar-refractivity contribution is 6.42. The first-order valence-electron chi connectivity index (χ1n) is 6.32. The van der Waals surface area contributed by atoms with E-state index < -0.39 is 0 Å². The summed E-state index contributed by atoms with van der Waals surface area (Å²) in [6.45, 7) is 4.01. The van der Waals surface area contributed by atoms with Gasteiger partial charge in [-0.2, -0.15) is 0 Å². The van der Waals surface area contributed by atoms with E-state index in [9.17, 15) is 0 Å². The highest BCUT2D eigenvalue weighted by atomic mass is 35.5. The molecule has 1 heterocycles. The summed E-state index contributed by atoms with van der Waals surface area (Å²) in [5, 5.41) is 1.07. The number of benzene rings is 1. The maximum absolute atomic E-state index is 6.02. The number of anilines is 1. The third kappa shape index (κ3) is 3.20. The monoisotopic (exact) mass is 310 g/mol. The molecule has 0 bridgehead atoms. The average molecular weight is 311 g/mol. The molecule has 1 aromatic carbocycles. The Hall–Kier alpha value is -1.36. The molecule has 0 fully saturated rings. The molecule has 0 atom stereocenters. The summed E-state index contributed by atoms with van der Waals surface area (Å²) in [7, 11) is 0. The van der Waals surface area contributed by atoms with Crippen molar-refractivity contribution in [2.24, 2.45) is 5.84 Å². The minimum Gasteiger partial charge on any atom is -0.308 e. The topological polar surface area (TPSA) is 63.8 Å². The molecule has 4 nitrogen and oxygen atoms in total. The summed E-state index contributed by atoms with van der Waals surface area (Å²) in [5.41, 5.74) is 5.59. The number of nitrogens with one attached hydrogen (secondary N) is 1. The molecule has 2 rings (SSSR count). The van der Waals surface area contributed by atoms with Crippen molar-refractivity contribution >= 4 is 29.0 Å². The zero-order chi connectivity index (χ0) is 14.7. The van der Waals surface area contributed by atoms with Crippen LogP contribution in [0.3, 0.4) is 0 Å². The van der Waals surface area contributed by atoms with Gasteiger partial charge < -0.3 is 5.43 Å². The van der Waals surface area contributed by atoms with Gasteiger partial charge in [0.05, 0.1) is 10.0 Å². The fourth-order valence-corrected chi connectivity index (χ4v) is 2.33. The Morgan fingerprint density at radius 2 is 1.95 bits per heavy atom. The van der Waals surface area contributed by atoms with Crippen LogP contribution >= 0.6 is 23.2 Å². The van der Waals surface area contributed by atoms with Gasteiger partial charge in [0.25, 0.3) is 0 Å². The number of nitrogens with zero attached hydrogens (tertiary/aromatic N) is 2. The van der Waals surface area contributed by atoms with Crippen LogP contribution in [-0.2, 0) is 12.8 Å². The van der Waals surface area contributed by atoms with Crippen LogP contribution in [0.15, 0.2) is 18.2 Å². The van der Waals surface area contributed by atoms with Crippen LogP contribution in [0.5, 0.6) is 0 Å². The van der Waals surface area contributed by atoms with Gasteiger partial charge in [-0.3, -0.25) is 0 Å². The number of halogens is 2. The first kappa shape index (κ1) is 15.0. The second kappa shape index (κ2) is 6.39. The highest BCUT2D eigenvalue weighted by Gasteiger charge is 2.10. The molecule has 0 radical (unpaired) electrons. The number of hydrogen-bond donors (Lipinski definition) is 2. The largest absolute Gasteiger partial charge is 0.308 e. The second-order valence-electron chi connectivity index (χ2n) is 4.48. The maximum Gasteiger partial charge on any atom is 0.146 e. The maximum atomic E-state index is 6.02. The second-order valence-corrected chi connectivity index (χ2v) is 5.30. The van der Waals surface area contributed by atoms with Gasteiger partial charge in [0.15, 0.2) is 0 Å². The van der Waals surface area contributed by atoms with Crippen molar-refractivity contribution in [3.8, 4) is 0 Å². The lowest BCUT2D eigenvalue weighted by Gasteiger charge is -2.11. The molecular weight excluding hydrogens is 295 g/mol. The fourth-order valence-electron chi connectivity index (χ4n) is 2.01. The van der Waals surface area contributed by atoms with Gasteiger partial charge in [0.2, 0.25) is 0 Å². The van der Waals surface area contributed by atoms with Crippen molar-refractivity contribution in [2.45, 2.75) is 26.7 Å². The van der Waals surface area contributed by atoms with Crippen LogP contribution < -0.4 is 11.3 Å². The Balaban J connectivity index is 2.35. The molecule has 6 heteroatoms. The fraction of sp³-hybridized carbons (Fsp3) is 0.286. The summed E-state index contributed by atoms with van der Waals surface area (Å²) in [6.07, 6.45) is 1.41. The van der Waals surface area contributed by atoms with E-state index >= 15 is 0 Å². The van der Waals surface area contributed by atoms with Crippen LogP contribution in [0, 0.1) is 6.92 Å². The van der Waals surface area contributed by atoms with Gasteiger partial charge in [-0.05, 0) is 31.0 Å². The van der Waals surface area contributed by atoms with Gasteiger partial charge in [-0.25, -0.2) is 15.8 Å². The molecule has 0 aliphatic rings. The summed E-state index contributed by atoms with van der Waals surface area (Å²) in [5.74, 6) is 6.87. The molecule has 0 saturated carbocycles. The predicted octanol–water partition coefficient (Wildman–Crippen LogP) is 3.53. The van der Waals surface area contributed by atoms with E-state index in [1.165, 1.54) is 0 Å². The van der Waals surface area contributed by atoms with E-state index in [4.69, 9.17) is 29.0 Å². The number of aromatic nitrogens is 2. The van der Waals surface area contributed by atoms with Crippen LogP contribution in [0.1, 0.15) is 29.6 Å². The van der Waals surface area contributed by atoms with E-state index in [0.717, 1.165) is 23.2 Å². The zero-order valence-electron chi connectivity index (χ0n) is 11.4. The first-order valence-corrected chi connectivity index (χ1v) is 7.07. The average Bonchev–Trinajstić information content (AvgIpc) is 2.44. The van der Waals surface area contributed by atoms with Crippen molar-refractivity contribution in [1.82, 2.24) is 9.97 Å². The molecular formula is C14H16Cl2N4. The number of hydrazine groups is 1. The third-order valence-corrected chi connectivity index (χ3v) is 3.85. The molecule has 106 valence electrons. The van der Waals surface area contributed by atoms with Gasteiger partial charge >= 0.3 is 0 Å². The molecule has 2 aromatic rings. The molecule has 1 aromatic heterocycles. The quantitative estimate of drug-likeness (QED) is 0.670. The molecule has 0 amide bonds. The van der Waals surface area contributed by atoms with Crippen LogP contribution in [0.25, 0.3) is 0 Å². The third-order valence-electron chi connectivity index (χ3n) is 3.11.